The van der Waals surface area contributed by atoms with Gasteiger partial charge in [-0.2, -0.15) is 0 Å². The zero-order chi connectivity index (χ0) is 30.6. The van der Waals surface area contributed by atoms with Gasteiger partial charge in [0, 0.05) is 62.5 Å². The van der Waals surface area contributed by atoms with Crippen LogP contribution in [0.1, 0.15) is 6.42 Å². The number of halogens is 3. The number of benzene rings is 3. The Bertz CT molecular complexity index is 1720. The molecule has 2 heterocycles. The highest BCUT2D eigenvalue weighted by Gasteiger charge is 2.21. The molecule has 1 aliphatic rings. The van der Waals surface area contributed by atoms with E-state index in [0.29, 0.717) is 35.1 Å². The third-order valence-corrected chi connectivity index (χ3v) is 8.46. The second-order valence-electron chi connectivity index (χ2n) is 10.1. The van der Waals surface area contributed by atoms with E-state index in [1.54, 1.807) is 18.2 Å². The highest BCUT2D eigenvalue weighted by atomic mass is 32.2. The largest absolute Gasteiger partial charge is 0.493 e. The zero-order valence-corrected chi connectivity index (χ0v) is 24.5. The van der Waals surface area contributed by atoms with E-state index in [2.05, 4.69) is 26.6 Å². The van der Waals surface area contributed by atoms with Crippen molar-refractivity contribution in [3.05, 3.63) is 78.2 Å². The SMILES string of the molecule is COc1cc2c(Oc3ccc(NS(=O)(=O)c4ccc(F)cc4F)cc3F)ccnc2cc1OCCCN1CCN(C)CC1. The van der Waals surface area contributed by atoms with Crippen LogP contribution in [0.5, 0.6) is 23.0 Å². The summed E-state index contributed by atoms with van der Waals surface area (Å²) < 4.78 is 86.9. The molecule has 0 unspecified atom stereocenters. The second kappa shape index (κ2) is 13.1. The van der Waals surface area contributed by atoms with E-state index in [9.17, 15) is 17.2 Å². The molecule has 43 heavy (non-hydrogen) atoms. The molecular formula is C30H31F3N4O5S. The van der Waals surface area contributed by atoms with E-state index in [0.717, 1.165) is 57.3 Å². The van der Waals surface area contributed by atoms with Crippen LogP contribution in [0.2, 0.25) is 0 Å². The number of likely N-dealkylation sites (N-methyl/N-ethyl adjacent to an activating group) is 1. The van der Waals surface area contributed by atoms with Gasteiger partial charge >= 0.3 is 0 Å². The number of fused-ring (bicyclic) bond motifs is 1. The molecule has 0 amide bonds. The average molecular weight is 617 g/mol. The molecule has 1 fully saturated rings. The van der Waals surface area contributed by atoms with Crippen molar-refractivity contribution in [1.82, 2.24) is 14.8 Å². The molecule has 1 aliphatic heterocycles. The fraction of sp³-hybridized carbons (Fsp3) is 0.300. The lowest BCUT2D eigenvalue weighted by molar-refractivity contribution is 0.145. The van der Waals surface area contributed by atoms with Gasteiger partial charge in [-0.25, -0.2) is 21.6 Å². The zero-order valence-electron chi connectivity index (χ0n) is 23.6. The lowest BCUT2D eigenvalue weighted by atomic mass is 10.1. The summed E-state index contributed by atoms with van der Waals surface area (Å²) in [5, 5.41) is 0.542. The van der Waals surface area contributed by atoms with E-state index >= 15 is 4.39 Å². The van der Waals surface area contributed by atoms with Gasteiger partial charge in [0.15, 0.2) is 23.1 Å². The van der Waals surface area contributed by atoms with E-state index in [4.69, 9.17) is 14.2 Å². The van der Waals surface area contributed by atoms with Crippen molar-refractivity contribution in [2.75, 3.05) is 58.2 Å². The van der Waals surface area contributed by atoms with Crippen LogP contribution in [0.25, 0.3) is 10.9 Å². The van der Waals surface area contributed by atoms with Crippen molar-refractivity contribution in [3.8, 4) is 23.0 Å². The van der Waals surface area contributed by atoms with E-state index in [-0.39, 0.29) is 17.2 Å². The molecule has 0 bridgehead atoms. The van der Waals surface area contributed by atoms with Crippen molar-refractivity contribution >= 4 is 26.6 Å². The molecule has 228 valence electrons. The van der Waals surface area contributed by atoms with Crippen LogP contribution in [-0.4, -0.2) is 76.7 Å². The molecule has 1 aromatic heterocycles. The third kappa shape index (κ3) is 7.29. The molecule has 3 aromatic carbocycles. The van der Waals surface area contributed by atoms with Gasteiger partial charge in [-0.3, -0.25) is 9.71 Å². The number of rotatable bonds is 11. The summed E-state index contributed by atoms with van der Waals surface area (Å²) in [4.78, 5) is 8.35. The number of nitrogens with one attached hydrogen (secondary N) is 1. The quantitative estimate of drug-likeness (QED) is 0.228. The molecule has 13 heteroatoms. The van der Waals surface area contributed by atoms with Crippen molar-refractivity contribution in [2.24, 2.45) is 0 Å². The van der Waals surface area contributed by atoms with Crippen LogP contribution in [0.3, 0.4) is 0 Å². The van der Waals surface area contributed by atoms with Gasteiger partial charge in [0.1, 0.15) is 22.3 Å². The maximum atomic E-state index is 15.0. The topological polar surface area (TPSA) is 93.2 Å². The summed E-state index contributed by atoms with van der Waals surface area (Å²) in [6.45, 7) is 5.63. The molecule has 9 nitrogen and oxygen atoms in total. The fourth-order valence-corrected chi connectivity index (χ4v) is 5.81. The summed E-state index contributed by atoms with van der Waals surface area (Å²) in [7, 11) is -0.799. The van der Waals surface area contributed by atoms with Crippen molar-refractivity contribution in [1.29, 1.82) is 0 Å². The number of nitrogens with zero attached hydrogens (tertiary/aromatic N) is 3. The Balaban J connectivity index is 1.28. The van der Waals surface area contributed by atoms with Gasteiger partial charge in [0.2, 0.25) is 0 Å². The minimum Gasteiger partial charge on any atom is -0.493 e. The van der Waals surface area contributed by atoms with Crippen LogP contribution >= 0.6 is 0 Å². The number of piperazine rings is 1. The number of hydrogen-bond acceptors (Lipinski definition) is 8. The molecule has 4 aromatic rings. The molecule has 0 radical (unpaired) electrons. The van der Waals surface area contributed by atoms with E-state index in [1.807, 2.05) is 0 Å². The number of hydrogen-bond donors (Lipinski definition) is 1. The fourth-order valence-electron chi connectivity index (χ4n) is 4.70. The molecule has 1 saturated heterocycles. The Hall–Kier alpha value is -4.07. The standard InChI is InChI=1S/C30H31F3N4O5S/c1-36-11-13-37(14-12-36)10-3-15-41-29-19-25-22(18-28(29)40-2)26(8-9-34-25)42-27-6-5-21(17-23(27)32)35-43(38,39)30-7-4-20(31)16-24(30)33/h4-9,16-19,35H,3,10-15H2,1-2H3. The van der Waals surface area contributed by atoms with Crippen molar-refractivity contribution < 1.29 is 35.8 Å². The third-order valence-electron chi connectivity index (χ3n) is 7.05. The monoisotopic (exact) mass is 616 g/mol. The first kappa shape index (κ1) is 30.4. The van der Waals surface area contributed by atoms with Gasteiger partial charge in [-0.15, -0.1) is 0 Å². The normalized spacial score (nSPS) is 14.5. The average Bonchev–Trinajstić information content (AvgIpc) is 2.97. The van der Waals surface area contributed by atoms with Gasteiger partial charge in [0.05, 0.1) is 24.9 Å². The summed E-state index contributed by atoms with van der Waals surface area (Å²) in [6, 6.07) is 10.4. The van der Waals surface area contributed by atoms with Gasteiger partial charge in [0.25, 0.3) is 10.0 Å². The number of pyridine rings is 1. The smallest absolute Gasteiger partial charge is 0.264 e. The summed E-state index contributed by atoms with van der Waals surface area (Å²) >= 11 is 0. The number of aromatic nitrogens is 1. The maximum Gasteiger partial charge on any atom is 0.264 e. The molecule has 0 aliphatic carbocycles. The summed E-state index contributed by atoms with van der Waals surface area (Å²) in [5.41, 5.74) is 0.364. The van der Waals surface area contributed by atoms with E-state index < -0.39 is 32.4 Å². The second-order valence-corrected chi connectivity index (χ2v) is 11.8. The highest BCUT2D eigenvalue weighted by Crippen LogP contribution is 2.38. The van der Waals surface area contributed by atoms with Crippen molar-refractivity contribution in [3.63, 3.8) is 0 Å². The lowest BCUT2D eigenvalue weighted by Gasteiger charge is -2.32. The van der Waals surface area contributed by atoms with Crippen LogP contribution in [0, 0.1) is 17.5 Å². The molecule has 0 saturated carbocycles. The Morgan fingerprint density at radius 2 is 1.67 bits per heavy atom. The minimum atomic E-state index is -4.44. The van der Waals surface area contributed by atoms with Gasteiger partial charge in [-0.1, -0.05) is 0 Å². The lowest BCUT2D eigenvalue weighted by Crippen LogP contribution is -2.44. The highest BCUT2D eigenvalue weighted by molar-refractivity contribution is 7.92. The molecule has 0 spiro atoms. The first-order valence-corrected chi connectivity index (χ1v) is 15.1. The molecule has 1 N–H and O–H groups in total. The Morgan fingerprint density at radius 3 is 2.40 bits per heavy atom. The van der Waals surface area contributed by atoms with Gasteiger partial charge in [-0.05, 0) is 49.9 Å². The number of ether oxygens (including phenoxy) is 3. The summed E-state index contributed by atoms with van der Waals surface area (Å²) in [5.74, 6) is -1.99. The minimum absolute atomic E-state index is 0.177. The number of anilines is 1. The first-order valence-electron chi connectivity index (χ1n) is 13.6. The number of sulfonamides is 1. The van der Waals surface area contributed by atoms with Crippen LogP contribution in [-0.2, 0) is 10.0 Å². The molecule has 5 rings (SSSR count). The maximum absolute atomic E-state index is 15.0. The summed E-state index contributed by atoms with van der Waals surface area (Å²) in [6.07, 6.45) is 2.37. The predicted octanol–water partition coefficient (Wildman–Crippen LogP) is 5.27. The van der Waals surface area contributed by atoms with Crippen LogP contribution < -0.4 is 18.9 Å². The van der Waals surface area contributed by atoms with Crippen molar-refractivity contribution in [2.45, 2.75) is 11.3 Å². The Labute approximate surface area is 247 Å². The molecule has 0 atom stereocenters. The number of methoxy groups -OCH3 is 1. The van der Waals surface area contributed by atoms with Crippen LogP contribution in [0.4, 0.5) is 18.9 Å². The van der Waals surface area contributed by atoms with Crippen LogP contribution in [0.15, 0.2) is 65.7 Å². The predicted molar refractivity (Wildman–Crippen MR) is 156 cm³/mol. The van der Waals surface area contributed by atoms with E-state index in [1.165, 1.54) is 25.4 Å². The first-order chi connectivity index (χ1) is 20.6. The molecular weight excluding hydrogens is 585 g/mol. The Kier molecular flexibility index (Phi) is 9.23. The van der Waals surface area contributed by atoms with Gasteiger partial charge < -0.3 is 24.0 Å². The Morgan fingerprint density at radius 1 is 0.884 bits per heavy atom.